The van der Waals surface area contributed by atoms with Crippen LogP contribution in [0.3, 0.4) is 0 Å². The fraction of sp³-hybridized carbons (Fsp3) is 0.833. The van der Waals surface area contributed by atoms with Gasteiger partial charge in [-0.3, -0.25) is 46.1 Å². The first-order chi connectivity index (χ1) is 22.0. The third-order valence-corrected chi connectivity index (χ3v) is 21.7. The average molecular weight is 915 g/mol. The quantitative estimate of drug-likeness (QED) is 0.0410. The number of rotatable bonds is 20. The van der Waals surface area contributed by atoms with Crippen molar-refractivity contribution in [3.8, 4) is 0 Å². The molecule has 0 saturated heterocycles. The van der Waals surface area contributed by atoms with Gasteiger partial charge >= 0.3 is 72.7 Å². The Morgan fingerprint density at radius 2 is 0.706 bits per heavy atom. The fourth-order valence-corrected chi connectivity index (χ4v) is 19.4. The van der Waals surface area contributed by atoms with Crippen LogP contribution >= 0.6 is 60.8 Å². The summed E-state index contributed by atoms with van der Waals surface area (Å²) in [5.41, 5.74) is -8.98. The standard InChI is InChI=1S/C12H33N3O28P8/c1-3-13(9(44(20,21)22)45(23,24)25)11(48(32,33)34,49(35,36)37)15(6(8(18)19)5-7(16)17)12(50(38,39)40,51(41,42)43)14(4-2)10(46(26,27)28)47(29,30)31/h6,9-10H,3-5H2,1-2H3,(H,16,17)(H,18,19)(H2,20,21,22)(H2,23,24,25)(H2,26,27,28)(H2,29,30,31)(H2,32,33,34)(H2,35,36,37)(H2,38,39,40)(H2,41,42,43)/t6-/m0/s1. The lowest BCUT2D eigenvalue weighted by atomic mass is 10.2. The highest BCUT2D eigenvalue weighted by atomic mass is 31.3. The molecule has 39 heteroatoms. The molecular weight excluding hydrogens is 882 g/mol. The summed E-state index contributed by atoms with van der Waals surface area (Å²) in [7, 11) is -60.3. The third kappa shape index (κ3) is 9.89. The van der Waals surface area contributed by atoms with Gasteiger partial charge in [-0.2, -0.15) is 0 Å². The van der Waals surface area contributed by atoms with Crippen molar-refractivity contribution in [2.75, 3.05) is 13.1 Å². The predicted octanol–water partition coefficient (Wildman–Crippen LogP) is -3.93. The highest BCUT2D eigenvalue weighted by Gasteiger charge is 2.84. The highest BCUT2D eigenvalue weighted by Crippen LogP contribution is 2.84. The maximum Gasteiger partial charge on any atom is 0.373 e. The van der Waals surface area contributed by atoms with Crippen LogP contribution in [0.1, 0.15) is 20.3 Å². The summed E-state index contributed by atoms with van der Waals surface area (Å²) in [5.74, 6) is -5.99. The first-order valence-corrected chi connectivity index (χ1v) is 25.4. The molecule has 0 amide bonds. The van der Waals surface area contributed by atoms with E-state index in [4.69, 9.17) is 0 Å². The first-order valence-electron chi connectivity index (χ1n) is 12.2. The van der Waals surface area contributed by atoms with E-state index < -0.39 is 134 Å². The van der Waals surface area contributed by atoms with Crippen LogP contribution in [-0.4, -0.2) is 156 Å². The van der Waals surface area contributed by atoms with Gasteiger partial charge in [0.15, 0.2) is 0 Å². The van der Waals surface area contributed by atoms with Gasteiger partial charge in [-0.15, -0.1) is 0 Å². The fourth-order valence-electron chi connectivity index (χ4n) is 5.10. The number of carbonyl (C=O) groups is 2. The summed E-state index contributed by atoms with van der Waals surface area (Å²) in [6.07, 6.45) is -2.68. The van der Waals surface area contributed by atoms with Gasteiger partial charge in [-0.1, -0.05) is 13.8 Å². The number of carboxylic acids is 2. The van der Waals surface area contributed by atoms with E-state index >= 15 is 0 Å². The van der Waals surface area contributed by atoms with Crippen LogP contribution in [0.2, 0.25) is 0 Å². The number of carboxylic acid groups (broad SMARTS) is 2. The lowest BCUT2D eigenvalue weighted by Gasteiger charge is -2.60. The van der Waals surface area contributed by atoms with Gasteiger partial charge in [0.05, 0.1) is 6.42 Å². The molecule has 0 aliphatic rings. The Morgan fingerprint density at radius 3 is 0.824 bits per heavy atom. The minimum atomic E-state index is -8.04. The van der Waals surface area contributed by atoms with Gasteiger partial charge in [0.1, 0.15) is 6.04 Å². The largest absolute Gasteiger partial charge is 0.481 e. The molecule has 31 nitrogen and oxygen atoms in total. The summed E-state index contributed by atoms with van der Waals surface area (Å²) in [6.45, 7) is -3.88. The Bertz CT molecular complexity index is 1520. The molecule has 0 spiro atoms. The van der Waals surface area contributed by atoms with Crippen molar-refractivity contribution in [1.29, 1.82) is 0 Å². The lowest BCUT2D eigenvalue weighted by molar-refractivity contribution is -0.160. The molecule has 51 heavy (non-hydrogen) atoms. The van der Waals surface area contributed by atoms with E-state index in [1.807, 2.05) is 0 Å². The Hall–Kier alpha value is 0.0200. The van der Waals surface area contributed by atoms with Gasteiger partial charge in [0.25, 0.3) is 10.3 Å². The summed E-state index contributed by atoms with van der Waals surface area (Å²) in [6, 6.07) is -4.34. The van der Waals surface area contributed by atoms with Crippen molar-refractivity contribution in [1.82, 2.24) is 14.7 Å². The zero-order chi connectivity index (χ0) is 41.7. The lowest BCUT2D eigenvalue weighted by Crippen LogP contribution is -2.76. The van der Waals surface area contributed by atoms with Crippen LogP contribution in [0.25, 0.3) is 0 Å². The van der Waals surface area contributed by atoms with Crippen LogP contribution < -0.4 is 0 Å². The number of aliphatic carboxylic acids is 2. The second kappa shape index (κ2) is 15.9. The van der Waals surface area contributed by atoms with Crippen molar-refractivity contribution >= 4 is 72.7 Å². The summed E-state index contributed by atoms with van der Waals surface area (Å²) in [4.78, 5) is 184. The van der Waals surface area contributed by atoms with E-state index in [9.17, 15) is 135 Å². The summed E-state index contributed by atoms with van der Waals surface area (Å²) >= 11 is 0. The minimum Gasteiger partial charge on any atom is -0.481 e. The smallest absolute Gasteiger partial charge is 0.373 e. The van der Waals surface area contributed by atoms with Gasteiger partial charge in [0, 0.05) is 0 Å². The van der Waals surface area contributed by atoms with Crippen molar-refractivity contribution in [3.05, 3.63) is 0 Å². The SMILES string of the molecule is CCN(C(P(=O)(O)O)P(=O)(O)O)C(N([C@@H](CC(=O)O)C(=O)O)C(N(CC)C(P(=O)(O)O)P(=O)(O)O)(P(=O)(O)O)P(=O)(O)O)(P(=O)(O)O)P(=O)(O)O. The first kappa shape index (κ1) is 51.0. The molecule has 304 valence electrons. The molecule has 0 saturated carbocycles. The maximum atomic E-state index is 13.5. The summed E-state index contributed by atoms with van der Waals surface area (Å²) in [5, 5.41) is 7.17. The van der Waals surface area contributed by atoms with Crippen LogP contribution in [0.5, 0.6) is 0 Å². The van der Waals surface area contributed by atoms with E-state index in [1.54, 1.807) is 0 Å². The second-order valence-electron chi connectivity index (χ2n) is 9.82. The zero-order valence-electron chi connectivity index (χ0n) is 24.9. The third-order valence-electron chi connectivity index (χ3n) is 6.39. The van der Waals surface area contributed by atoms with E-state index in [-0.39, 0.29) is 13.8 Å². The Morgan fingerprint density at radius 1 is 0.490 bits per heavy atom. The molecule has 18 N–H and O–H groups in total. The average Bonchev–Trinajstić information content (AvgIpc) is 2.78. The molecule has 0 aromatic carbocycles. The van der Waals surface area contributed by atoms with Crippen LogP contribution in [-0.2, 0) is 46.1 Å². The molecule has 0 aromatic heterocycles. The molecule has 0 aliphatic heterocycles. The zero-order valence-corrected chi connectivity index (χ0v) is 32.1. The molecule has 0 aliphatic carbocycles. The molecule has 0 fully saturated rings. The van der Waals surface area contributed by atoms with E-state index in [1.165, 1.54) is 0 Å². The molecule has 1 atom stereocenters. The van der Waals surface area contributed by atoms with Crippen LogP contribution in [0.15, 0.2) is 0 Å². The van der Waals surface area contributed by atoms with Gasteiger partial charge in [-0.25, -0.2) is 14.7 Å². The molecular formula is C12H33N3O28P8. The van der Waals surface area contributed by atoms with Crippen molar-refractivity contribution in [2.45, 2.75) is 47.6 Å². The molecule has 0 aromatic rings. The Balaban J connectivity index is 10.5. The minimum absolute atomic E-state index is 0.200. The number of nitrogens with zero attached hydrogens (tertiary/aromatic N) is 3. The number of hydrogen-bond acceptors (Lipinski definition) is 13. The molecule has 0 heterocycles. The normalized spacial score (nSPS) is 16.1. The van der Waals surface area contributed by atoms with E-state index in [0.717, 1.165) is 0 Å². The Labute approximate surface area is 282 Å². The molecule has 0 bridgehead atoms. The monoisotopic (exact) mass is 915 g/mol. The van der Waals surface area contributed by atoms with Crippen molar-refractivity contribution in [3.63, 3.8) is 0 Å². The highest BCUT2D eigenvalue weighted by molar-refractivity contribution is 7.75. The predicted molar refractivity (Wildman–Crippen MR) is 160 cm³/mol. The van der Waals surface area contributed by atoms with Gasteiger partial charge in [0.2, 0.25) is 11.0 Å². The molecule has 0 radical (unpaired) electrons. The second-order valence-corrected chi connectivity index (χ2v) is 24.9. The van der Waals surface area contributed by atoms with Gasteiger partial charge < -0.3 is 88.5 Å². The van der Waals surface area contributed by atoms with Crippen molar-refractivity contribution < 1.29 is 135 Å². The van der Waals surface area contributed by atoms with Crippen LogP contribution in [0.4, 0.5) is 0 Å². The van der Waals surface area contributed by atoms with Crippen molar-refractivity contribution in [2.24, 2.45) is 0 Å². The van der Waals surface area contributed by atoms with Gasteiger partial charge in [-0.05, 0) is 13.1 Å². The molecule has 0 unspecified atom stereocenters. The van der Waals surface area contributed by atoms with E-state index in [2.05, 4.69) is 0 Å². The molecule has 0 rings (SSSR count). The Kier molecular flexibility index (Phi) is 15.9. The topological polar surface area (TPSA) is 545 Å². The maximum absolute atomic E-state index is 13.5. The summed E-state index contributed by atoms with van der Waals surface area (Å²) < 4.78 is 104. The van der Waals surface area contributed by atoms with Crippen LogP contribution in [0, 0.1) is 0 Å². The van der Waals surface area contributed by atoms with E-state index in [0.29, 0.717) is 0 Å². The number of hydrogen-bond donors (Lipinski definition) is 18.